The van der Waals surface area contributed by atoms with E-state index in [4.69, 9.17) is 49.0 Å². The van der Waals surface area contributed by atoms with Crippen LogP contribution in [0.1, 0.15) is 55.7 Å². The third-order valence-electron chi connectivity index (χ3n) is 8.72. The molecule has 1 spiro atoms. The molecule has 1 N–H and O–H groups in total. The molecule has 0 aromatic heterocycles. The summed E-state index contributed by atoms with van der Waals surface area (Å²) in [6.07, 6.45) is 5.76. The standard InChI is InChI=1S/C34H36Cl3NO4/c1-22(20-42-21-23-7-9-27(40-2)10-8-23)17-24-18-28-29(11-12-30(36)31(28)37)33(24)13-15-34(16-14-33,32(39)41-3)38-26-6-4-5-25(35)19-26/h4-12,18-19,22,38H,13-17,20-21H2,1-3H3/t22-,33?,34?/m1/s1. The van der Waals surface area contributed by atoms with Crippen LogP contribution in [0.4, 0.5) is 5.69 Å². The third kappa shape index (κ3) is 6.16. The highest BCUT2D eigenvalue weighted by Gasteiger charge is 2.52. The molecule has 3 aromatic carbocycles. The number of ether oxygens (including phenoxy) is 3. The van der Waals surface area contributed by atoms with E-state index in [0.29, 0.717) is 41.1 Å². The second kappa shape index (κ2) is 12.9. The summed E-state index contributed by atoms with van der Waals surface area (Å²) in [5.41, 5.74) is 4.26. The Kier molecular flexibility index (Phi) is 9.44. The molecule has 1 fully saturated rings. The first kappa shape index (κ1) is 30.7. The molecule has 2 aliphatic carbocycles. The number of methoxy groups -OCH3 is 2. The first-order chi connectivity index (χ1) is 20.2. The summed E-state index contributed by atoms with van der Waals surface area (Å²) in [7, 11) is 3.11. The van der Waals surface area contributed by atoms with Gasteiger partial charge in [0.1, 0.15) is 11.3 Å². The Hall–Kier alpha value is -2.70. The van der Waals surface area contributed by atoms with Gasteiger partial charge in [-0.05, 0) is 91.1 Å². The summed E-state index contributed by atoms with van der Waals surface area (Å²) in [6.45, 7) is 3.37. The number of rotatable bonds is 10. The van der Waals surface area contributed by atoms with E-state index in [2.05, 4.69) is 24.4 Å². The van der Waals surface area contributed by atoms with Crippen molar-refractivity contribution in [3.05, 3.63) is 98.0 Å². The number of nitrogens with one attached hydrogen (secondary N) is 1. The molecular weight excluding hydrogens is 593 g/mol. The van der Waals surface area contributed by atoms with Crippen LogP contribution in [0.25, 0.3) is 6.08 Å². The van der Waals surface area contributed by atoms with Crippen LogP contribution in [0.15, 0.2) is 66.2 Å². The Labute approximate surface area is 263 Å². The van der Waals surface area contributed by atoms with Gasteiger partial charge in [-0.2, -0.15) is 0 Å². The van der Waals surface area contributed by atoms with Gasteiger partial charge >= 0.3 is 5.97 Å². The molecule has 0 radical (unpaired) electrons. The van der Waals surface area contributed by atoms with Crippen LogP contribution in [0.5, 0.6) is 5.75 Å². The van der Waals surface area contributed by atoms with E-state index in [1.54, 1.807) is 7.11 Å². The predicted molar refractivity (Wildman–Crippen MR) is 171 cm³/mol. The van der Waals surface area contributed by atoms with Crippen molar-refractivity contribution < 1.29 is 19.0 Å². The normalized spacial score (nSPS) is 21.9. The van der Waals surface area contributed by atoms with Crippen molar-refractivity contribution >= 4 is 52.5 Å². The van der Waals surface area contributed by atoms with Gasteiger partial charge in [-0.1, -0.05) is 77.6 Å². The van der Waals surface area contributed by atoms with Gasteiger partial charge in [0.25, 0.3) is 0 Å². The molecule has 5 rings (SSSR count). The Bertz CT molecular complexity index is 1460. The van der Waals surface area contributed by atoms with E-state index >= 15 is 0 Å². The highest BCUT2D eigenvalue weighted by Crippen LogP contribution is 2.56. The molecule has 0 saturated heterocycles. The molecule has 1 atom stereocenters. The third-order valence-corrected chi connectivity index (χ3v) is 9.78. The maximum Gasteiger partial charge on any atom is 0.331 e. The van der Waals surface area contributed by atoms with E-state index in [1.165, 1.54) is 18.2 Å². The van der Waals surface area contributed by atoms with E-state index in [1.807, 2.05) is 54.6 Å². The van der Waals surface area contributed by atoms with Gasteiger partial charge in [-0.3, -0.25) is 0 Å². The number of carbonyl (C=O) groups excluding carboxylic acids is 1. The van der Waals surface area contributed by atoms with Crippen molar-refractivity contribution in [1.82, 2.24) is 0 Å². The summed E-state index contributed by atoms with van der Waals surface area (Å²) in [4.78, 5) is 13.3. The van der Waals surface area contributed by atoms with E-state index in [-0.39, 0.29) is 17.3 Å². The molecule has 5 nitrogen and oxygen atoms in total. The van der Waals surface area contributed by atoms with Crippen molar-refractivity contribution in [1.29, 1.82) is 0 Å². The Morgan fingerprint density at radius 2 is 1.71 bits per heavy atom. The van der Waals surface area contributed by atoms with Crippen molar-refractivity contribution in [3.63, 3.8) is 0 Å². The van der Waals surface area contributed by atoms with Gasteiger partial charge in [0.2, 0.25) is 0 Å². The highest BCUT2D eigenvalue weighted by atomic mass is 35.5. The topological polar surface area (TPSA) is 56.8 Å². The maximum atomic E-state index is 13.3. The first-order valence-electron chi connectivity index (χ1n) is 14.2. The van der Waals surface area contributed by atoms with Crippen LogP contribution >= 0.6 is 34.8 Å². The van der Waals surface area contributed by atoms with Gasteiger partial charge in [0.15, 0.2) is 0 Å². The largest absolute Gasteiger partial charge is 0.497 e. The zero-order valence-electron chi connectivity index (χ0n) is 24.1. The summed E-state index contributed by atoms with van der Waals surface area (Å²) < 4.78 is 16.7. The molecule has 0 amide bonds. The fraction of sp³-hybridized carbons (Fsp3) is 0.382. The molecule has 0 heterocycles. The number of benzene rings is 3. The maximum absolute atomic E-state index is 13.3. The number of allylic oxidation sites excluding steroid dienone is 1. The van der Waals surface area contributed by atoms with Crippen LogP contribution in [0.3, 0.4) is 0 Å². The van der Waals surface area contributed by atoms with Crippen LogP contribution in [0, 0.1) is 5.92 Å². The van der Waals surface area contributed by atoms with Crippen LogP contribution in [0.2, 0.25) is 15.1 Å². The number of fused-ring (bicyclic) bond motifs is 2. The van der Waals surface area contributed by atoms with Gasteiger partial charge in [-0.25, -0.2) is 4.79 Å². The molecule has 0 unspecified atom stereocenters. The molecule has 42 heavy (non-hydrogen) atoms. The Balaban J connectivity index is 1.35. The second-order valence-corrected chi connectivity index (χ2v) is 12.7. The van der Waals surface area contributed by atoms with Gasteiger partial charge in [0, 0.05) is 22.7 Å². The number of carbonyl (C=O) groups is 1. The minimum Gasteiger partial charge on any atom is -0.497 e. The lowest BCUT2D eigenvalue weighted by Crippen LogP contribution is -2.52. The Morgan fingerprint density at radius 3 is 2.38 bits per heavy atom. The lowest BCUT2D eigenvalue weighted by atomic mass is 9.61. The smallest absolute Gasteiger partial charge is 0.331 e. The van der Waals surface area contributed by atoms with Crippen molar-refractivity contribution in [3.8, 4) is 5.75 Å². The number of hydrogen-bond acceptors (Lipinski definition) is 5. The predicted octanol–water partition coefficient (Wildman–Crippen LogP) is 9.13. The SMILES string of the molecule is COC(=O)C1(Nc2cccc(Cl)c2)CCC2(CC1)C(C[C@@H](C)COCc1ccc(OC)cc1)=Cc1c2ccc(Cl)c1Cl. The minimum atomic E-state index is -0.859. The monoisotopic (exact) mass is 627 g/mol. The highest BCUT2D eigenvalue weighted by molar-refractivity contribution is 6.43. The number of esters is 1. The van der Waals surface area contributed by atoms with Gasteiger partial charge in [-0.15, -0.1) is 0 Å². The molecule has 2 aliphatic rings. The van der Waals surface area contributed by atoms with Crippen LogP contribution < -0.4 is 10.1 Å². The molecule has 8 heteroatoms. The first-order valence-corrected chi connectivity index (χ1v) is 15.4. The molecule has 1 saturated carbocycles. The average molecular weight is 629 g/mol. The van der Waals surface area contributed by atoms with E-state index in [0.717, 1.165) is 41.8 Å². The molecular formula is C34H36Cl3NO4. The summed E-state index contributed by atoms with van der Waals surface area (Å²) in [6, 6.07) is 19.4. The summed E-state index contributed by atoms with van der Waals surface area (Å²) in [5, 5.41) is 5.22. The second-order valence-electron chi connectivity index (χ2n) is 11.5. The van der Waals surface area contributed by atoms with Crippen molar-refractivity contribution in [2.45, 2.75) is 56.6 Å². The molecule has 3 aromatic rings. The zero-order chi connectivity index (χ0) is 29.9. The lowest BCUT2D eigenvalue weighted by Gasteiger charge is -2.46. The molecule has 222 valence electrons. The molecule has 0 aliphatic heterocycles. The van der Waals surface area contributed by atoms with Crippen LogP contribution in [-0.2, 0) is 26.3 Å². The van der Waals surface area contributed by atoms with E-state index in [9.17, 15) is 4.79 Å². The average Bonchev–Trinajstić information content (AvgIpc) is 3.29. The van der Waals surface area contributed by atoms with Crippen LogP contribution in [-0.4, -0.2) is 32.3 Å². The minimum absolute atomic E-state index is 0.249. The Morgan fingerprint density at radius 1 is 0.976 bits per heavy atom. The van der Waals surface area contributed by atoms with Gasteiger partial charge < -0.3 is 19.5 Å². The zero-order valence-corrected chi connectivity index (χ0v) is 26.4. The van der Waals surface area contributed by atoms with Crippen molar-refractivity contribution in [2.75, 3.05) is 26.1 Å². The van der Waals surface area contributed by atoms with Gasteiger partial charge in [0.05, 0.1) is 30.9 Å². The quantitative estimate of drug-likeness (QED) is 0.227. The fourth-order valence-corrected chi connectivity index (χ4v) is 7.08. The molecule has 0 bridgehead atoms. The van der Waals surface area contributed by atoms with Crippen molar-refractivity contribution in [2.24, 2.45) is 5.92 Å². The lowest BCUT2D eigenvalue weighted by molar-refractivity contribution is -0.147. The fourth-order valence-electron chi connectivity index (χ4n) is 6.51. The number of halogens is 3. The number of anilines is 1. The van der Waals surface area contributed by atoms with E-state index < -0.39 is 5.54 Å². The number of hydrogen-bond donors (Lipinski definition) is 1. The summed E-state index contributed by atoms with van der Waals surface area (Å²) >= 11 is 19.5. The summed E-state index contributed by atoms with van der Waals surface area (Å²) in [5.74, 6) is 0.831.